The van der Waals surface area contributed by atoms with E-state index in [1.165, 1.54) is 11.3 Å². The van der Waals surface area contributed by atoms with Crippen molar-refractivity contribution in [2.45, 2.75) is 39.0 Å². The fourth-order valence-corrected chi connectivity index (χ4v) is 4.00. The number of anilines is 1. The van der Waals surface area contributed by atoms with Crippen molar-refractivity contribution in [2.75, 3.05) is 5.32 Å². The minimum absolute atomic E-state index is 0.296. The predicted molar refractivity (Wildman–Crippen MR) is 107 cm³/mol. The summed E-state index contributed by atoms with van der Waals surface area (Å²) in [5.41, 5.74) is 3.93. The molecule has 1 aliphatic rings. The number of alkyl halides is 1. The number of hydrogen-bond acceptors (Lipinski definition) is 4. The third-order valence-electron chi connectivity index (χ3n) is 4.92. The normalized spacial score (nSPS) is 19.3. The van der Waals surface area contributed by atoms with Gasteiger partial charge in [0.2, 0.25) is 5.91 Å². The fraction of sp³-hybridized carbons (Fsp3) is 0.333. The van der Waals surface area contributed by atoms with Crippen LogP contribution in [0.2, 0.25) is 0 Å². The number of benzene rings is 2. The molecular formula is C21H21FN2O2S. The Balaban J connectivity index is 1.67. The summed E-state index contributed by atoms with van der Waals surface area (Å²) in [6, 6.07) is 11.9. The van der Waals surface area contributed by atoms with Crippen molar-refractivity contribution in [3.8, 4) is 11.1 Å². The number of thiazole rings is 1. The van der Waals surface area contributed by atoms with E-state index in [1.54, 1.807) is 13.8 Å². The summed E-state index contributed by atoms with van der Waals surface area (Å²) in [5, 5.41) is 13.5. The van der Waals surface area contributed by atoms with Crippen LogP contribution in [0, 0.1) is 12.8 Å². The van der Waals surface area contributed by atoms with Gasteiger partial charge in [-0.3, -0.25) is 4.79 Å². The maximum Gasteiger partial charge on any atom is 0.232 e. The minimum atomic E-state index is -1.02. The summed E-state index contributed by atoms with van der Waals surface area (Å²) < 4.78 is 14.0. The summed E-state index contributed by atoms with van der Waals surface area (Å²) in [7, 11) is 0. The molecule has 2 unspecified atom stereocenters. The van der Waals surface area contributed by atoms with Crippen LogP contribution in [0.15, 0.2) is 36.4 Å². The van der Waals surface area contributed by atoms with Gasteiger partial charge in [0, 0.05) is 0 Å². The van der Waals surface area contributed by atoms with Gasteiger partial charge in [0.1, 0.15) is 6.17 Å². The Hall–Kier alpha value is -2.31. The molecule has 1 saturated carbocycles. The van der Waals surface area contributed by atoms with Crippen molar-refractivity contribution < 1.29 is 14.3 Å². The first-order valence-electron chi connectivity index (χ1n) is 8.92. The van der Waals surface area contributed by atoms with Crippen LogP contribution in [0.25, 0.3) is 21.3 Å². The first-order chi connectivity index (χ1) is 12.7. The van der Waals surface area contributed by atoms with Crippen molar-refractivity contribution in [1.29, 1.82) is 0 Å². The Morgan fingerprint density at radius 2 is 2.04 bits per heavy atom. The lowest BCUT2D eigenvalue weighted by atomic mass is 9.91. The minimum Gasteiger partial charge on any atom is -0.386 e. The SMILES string of the molecule is Cc1ccc(C(C)(C)O)cc1-c1ccc2nc(NC(=O)C3CC3F)sc2c1. The van der Waals surface area contributed by atoms with E-state index in [2.05, 4.69) is 10.3 Å². The van der Waals surface area contributed by atoms with Crippen LogP contribution >= 0.6 is 11.3 Å². The zero-order valence-electron chi connectivity index (χ0n) is 15.4. The molecule has 2 N–H and O–H groups in total. The van der Waals surface area contributed by atoms with Crippen molar-refractivity contribution in [3.05, 3.63) is 47.5 Å². The van der Waals surface area contributed by atoms with Gasteiger partial charge in [-0.2, -0.15) is 0 Å². The molecule has 2 atom stereocenters. The first-order valence-corrected chi connectivity index (χ1v) is 9.73. The molecule has 0 bridgehead atoms. The lowest BCUT2D eigenvalue weighted by Crippen LogP contribution is -2.15. The van der Waals surface area contributed by atoms with Crippen LogP contribution in [-0.2, 0) is 10.4 Å². The van der Waals surface area contributed by atoms with Crippen LogP contribution in [0.1, 0.15) is 31.4 Å². The Morgan fingerprint density at radius 3 is 2.70 bits per heavy atom. The van der Waals surface area contributed by atoms with Crippen LogP contribution < -0.4 is 5.32 Å². The average Bonchev–Trinajstić information content (AvgIpc) is 3.19. The summed E-state index contributed by atoms with van der Waals surface area (Å²) >= 11 is 1.38. The predicted octanol–water partition coefficient (Wildman–Crippen LogP) is 4.80. The van der Waals surface area contributed by atoms with Crippen molar-refractivity contribution >= 4 is 32.6 Å². The number of nitrogens with one attached hydrogen (secondary N) is 1. The van der Waals surface area contributed by atoms with E-state index >= 15 is 0 Å². The number of nitrogens with zero attached hydrogens (tertiary/aromatic N) is 1. The highest BCUT2D eigenvalue weighted by molar-refractivity contribution is 7.22. The molecule has 1 fully saturated rings. The standard InChI is InChI=1S/C21H21FN2O2S/c1-11-4-6-13(21(2,3)26)9-14(11)12-5-7-17-18(8-12)27-20(23-17)24-19(25)15-10-16(15)22/h4-9,15-16,26H,10H2,1-3H3,(H,23,24,25). The second kappa shape index (κ2) is 6.39. The van der Waals surface area contributed by atoms with Crippen molar-refractivity contribution in [1.82, 2.24) is 4.98 Å². The number of amides is 1. The number of carbonyl (C=O) groups is 1. The zero-order chi connectivity index (χ0) is 19.3. The van der Waals surface area contributed by atoms with E-state index in [0.717, 1.165) is 32.5 Å². The lowest BCUT2D eigenvalue weighted by Gasteiger charge is -2.19. The van der Waals surface area contributed by atoms with Gasteiger partial charge in [-0.1, -0.05) is 29.5 Å². The van der Waals surface area contributed by atoms with Gasteiger partial charge in [0.25, 0.3) is 0 Å². The molecule has 0 radical (unpaired) electrons. The molecule has 1 amide bonds. The Labute approximate surface area is 161 Å². The van der Waals surface area contributed by atoms with Gasteiger partial charge in [-0.25, -0.2) is 9.37 Å². The summed E-state index contributed by atoms with van der Waals surface area (Å²) in [4.78, 5) is 16.3. The van der Waals surface area contributed by atoms with Gasteiger partial charge >= 0.3 is 0 Å². The second-order valence-corrected chi connectivity index (χ2v) is 8.67. The third kappa shape index (κ3) is 3.59. The van der Waals surface area contributed by atoms with E-state index < -0.39 is 17.7 Å². The Morgan fingerprint density at radius 1 is 1.30 bits per heavy atom. The number of fused-ring (bicyclic) bond motifs is 1. The highest BCUT2D eigenvalue weighted by Gasteiger charge is 2.43. The van der Waals surface area contributed by atoms with Gasteiger partial charge in [0.05, 0.1) is 21.7 Å². The molecule has 0 aliphatic heterocycles. The fourth-order valence-electron chi connectivity index (χ4n) is 3.09. The molecule has 1 heterocycles. The van der Waals surface area contributed by atoms with Crippen LogP contribution in [0.5, 0.6) is 0 Å². The number of aromatic nitrogens is 1. The number of hydrogen-bond donors (Lipinski definition) is 2. The van der Waals surface area contributed by atoms with E-state index in [1.807, 2.05) is 43.3 Å². The molecule has 6 heteroatoms. The quantitative estimate of drug-likeness (QED) is 0.679. The molecule has 140 valence electrons. The number of halogens is 1. The molecule has 27 heavy (non-hydrogen) atoms. The van der Waals surface area contributed by atoms with Gasteiger partial charge in [0.15, 0.2) is 5.13 Å². The number of aliphatic hydroxyl groups is 1. The smallest absolute Gasteiger partial charge is 0.232 e. The second-order valence-electron chi connectivity index (χ2n) is 7.64. The molecule has 4 nitrogen and oxygen atoms in total. The van der Waals surface area contributed by atoms with Crippen LogP contribution in [-0.4, -0.2) is 22.2 Å². The topological polar surface area (TPSA) is 62.2 Å². The van der Waals surface area contributed by atoms with Gasteiger partial charge in [-0.15, -0.1) is 0 Å². The molecule has 3 aromatic rings. The van der Waals surface area contributed by atoms with E-state index in [4.69, 9.17) is 0 Å². The highest BCUT2D eigenvalue weighted by atomic mass is 32.1. The van der Waals surface area contributed by atoms with Crippen LogP contribution in [0.3, 0.4) is 0 Å². The van der Waals surface area contributed by atoms with Crippen molar-refractivity contribution in [2.24, 2.45) is 5.92 Å². The van der Waals surface area contributed by atoms with Crippen LogP contribution in [0.4, 0.5) is 9.52 Å². The Kier molecular flexibility index (Phi) is 4.28. The summed E-state index contributed by atoms with van der Waals surface area (Å²) in [6.45, 7) is 5.57. The number of rotatable bonds is 4. The number of aryl methyl sites for hydroxylation is 1. The Bertz CT molecular complexity index is 1040. The molecule has 4 rings (SSSR count). The first kappa shape index (κ1) is 18.1. The molecule has 0 spiro atoms. The maximum absolute atomic E-state index is 13.0. The summed E-state index contributed by atoms with van der Waals surface area (Å²) in [6.07, 6.45) is -0.713. The maximum atomic E-state index is 13.0. The van der Waals surface area contributed by atoms with Gasteiger partial charge < -0.3 is 10.4 Å². The molecule has 1 aliphatic carbocycles. The lowest BCUT2D eigenvalue weighted by molar-refractivity contribution is -0.117. The van der Waals surface area contributed by atoms with Crippen molar-refractivity contribution in [3.63, 3.8) is 0 Å². The molecule has 1 aromatic heterocycles. The zero-order valence-corrected chi connectivity index (χ0v) is 16.2. The third-order valence-corrected chi connectivity index (χ3v) is 5.86. The van der Waals surface area contributed by atoms with E-state index in [-0.39, 0.29) is 5.91 Å². The van der Waals surface area contributed by atoms with E-state index in [9.17, 15) is 14.3 Å². The molecule has 0 saturated heterocycles. The molecular weight excluding hydrogens is 363 g/mol. The summed E-state index contributed by atoms with van der Waals surface area (Å²) in [5.74, 6) is -0.824. The average molecular weight is 384 g/mol. The van der Waals surface area contributed by atoms with Gasteiger partial charge in [-0.05, 0) is 67.6 Å². The largest absolute Gasteiger partial charge is 0.386 e. The monoisotopic (exact) mass is 384 g/mol. The number of carbonyl (C=O) groups excluding carboxylic acids is 1. The van der Waals surface area contributed by atoms with E-state index in [0.29, 0.717) is 11.6 Å². The highest BCUT2D eigenvalue weighted by Crippen LogP contribution is 2.37. The molecule has 2 aromatic carbocycles.